The zero-order chi connectivity index (χ0) is 14.4. The van der Waals surface area contributed by atoms with E-state index in [-0.39, 0.29) is 0 Å². The van der Waals surface area contributed by atoms with Crippen molar-refractivity contribution < 1.29 is 4.74 Å². The number of nitrogens with zero attached hydrogens (tertiary/aromatic N) is 1. The molecule has 0 aliphatic heterocycles. The molecule has 0 atom stereocenters. The van der Waals surface area contributed by atoms with Gasteiger partial charge in [-0.1, -0.05) is 30.3 Å². The van der Waals surface area contributed by atoms with Crippen LogP contribution in [0.25, 0.3) is 0 Å². The maximum atomic E-state index is 5.87. The van der Waals surface area contributed by atoms with E-state index in [2.05, 4.69) is 26.2 Å². The molecular weight excluding hydrogens is 318 g/mol. The Morgan fingerprint density at radius 3 is 2.65 bits per heavy atom. The van der Waals surface area contributed by atoms with Crippen LogP contribution >= 0.6 is 15.9 Å². The topological polar surface area (TPSA) is 59.6 Å². The van der Waals surface area contributed by atoms with Crippen molar-refractivity contribution in [2.45, 2.75) is 6.54 Å². The van der Waals surface area contributed by atoms with Crippen LogP contribution in [0.1, 0.15) is 5.56 Å². The monoisotopic (exact) mass is 333 g/mol. The van der Waals surface area contributed by atoms with Gasteiger partial charge < -0.3 is 15.8 Å². The Balaban J connectivity index is 2.00. The summed E-state index contributed by atoms with van der Waals surface area (Å²) >= 11 is 3.43. The van der Waals surface area contributed by atoms with Gasteiger partial charge in [0, 0.05) is 5.69 Å². The third kappa shape index (κ3) is 3.99. The lowest BCUT2D eigenvalue weighted by atomic mass is 10.2. The Kier molecular flexibility index (Phi) is 5.01. The smallest absolute Gasteiger partial charge is 0.193 e. The van der Waals surface area contributed by atoms with E-state index in [1.165, 1.54) is 0 Å². The largest absolute Gasteiger partial charge is 0.496 e. The van der Waals surface area contributed by atoms with Gasteiger partial charge in [0.25, 0.3) is 0 Å². The second-order valence-corrected chi connectivity index (χ2v) is 5.02. The molecule has 0 fully saturated rings. The average molecular weight is 334 g/mol. The zero-order valence-electron chi connectivity index (χ0n) is 11.1. The summed E-state index contributed by atoms with van der Waals surface area (Å²) in [5, 5.41) is 3.05. The zero-order valence-corrected chi connectivity index (χ0v) is 12.7. The van der Waals surface area contributed by atoms with Gasteiger partial charge in [-0.25, -0.2) is 4.99 Å². The molecule has 2 aromatic carbocycles. The maximum Gasteiger partial charge on any atom is 0.193 e. The first-order valence-electron chi connectivity index (χ1n) is 6.13. The number of nitrogens with one attached hydrogen (secondary N) is 1. The molecule has 20 heavy (non-hydrogen) atoms. The Labute approximate surface area is 126 Å². The van der Waals surface area contributed by atoms with Crippen molar-refractivity contribution in [2.75, 3.05) is 12.4 Å². The SMILES string of the molecule is COc1ccc(NC(N)=NCc2ccccc2)cc1Br. The van der Waals surface area contributed by atoms with Crippen LogP contribution in [0, 0.1) is 0 Å². The molecule has 104 valence electrons. The lowest BCUT2D eigenvalue weighted by Gasteiger charge is -2.08. The van der Waals surface area contributed by atoms with Gasteiger partial charge in [0.1, 0.15) is 5.75 Å². The highest BCUT2D eigenvalue weighted by Crippen LogP contribution is 2.27. The van der Waals surface area contributed by atoms with E-state index in [9.17, 15) is 0 Å². The summed E-state index contributed by atoms with van der Waals surface area (Å²) < 4.78 is 6.04. The van der Waals surface area contributed by atoms with Crippen LogP contribution in [0.5, 0.6) is 5.75 Å². The summed E-state index contributed by atoms with van der Waals surface area (Å²) in [6, 6.07) is 15.6. The van der Waals surface area contributed by atoms with E-state index in [0.717, 1.165) is 21.5 Å². The molecule has 0 radical (unpaired) electrons. The molecule has 2 rings (SSSR count). The Bertz CT molecular complexity index is 599. The molecule has 0 aliphatic rings. The summed E-state index contributed by atoms with van der Waals surface area (Å²) in [5.41, 5.74) is 7.84. The molecule has 5 heteroatoms. The lowest BCUT2D eigenvalue weighted by Crippen LogP contribution is -2.22. The standard InChI is InChI=1S/C15H16BrN3O/c1-20-14-8-7-12(9-13(14)16)19-15(17)18-10-11-5-3-2-4-6-11/h2-9H,10H2,1H3,(H3,17,18,19). The van der Waals surface area contributed by atoms with Crippen molar-refractivity contribution in [3.05, 3.63) is 58.6 Å². The van der Waals surface area contributed by atoms with Crippen molar-refractivity contribution >= 4 is 27.6 Å². The summed E-state index contributed by atoms with van der Waals surface area (Å²) in [4.78, 5) is 4.30. The van der Waals surface area contributed by atoms with Gasteiger partial charge in [-0.05, 0) is 39.7 Å². The quantitative estimate of drug-likeness (QED) is 0.666. The van der Waals surface area contributed by atoms with Gasteiger partial charge >= 0.3 is 0 Å². The van der Waals surface area contributed by atoms with E-state index in [1.807, 2.05) is 48.5 Å². The number of anilines is 1. The number of guanidine groups is 1. The molecule has 0 saturated heterocycles. The normalized spacial score (nSPS) is 11.2. The number of aliphatic imine (C=N–C) groups is 1. The van der Waals surface area contributed by atoms with Gasteiger partial charge in [0.15, 0.2) is 5.96 Å². The van der Waals surface area contributed by atoms with E-state index in [0.29, 0.717) is 12.5 Å². The fraction of sp³-hybridized carbons (Fsp3) is 0.133. The van der Waals surface area contributed by atoms with Gasteiger partial charge in [-0.15, -0.1) is 0 Å². The molecule has 0 bridgehead atoms. The molecule has 0 amide bonds. The van der Waals surface area contributed by atoms with Crippen molar-refractivity contribution in [3.63, 3.8) is 0 Å². The molecule has 0 aromatic heterocycles. The highest BCUT2D eigenvalue weighted by atomic mass is 79.9. The Hall–Kier alpha value is -2.01. The first kappa shape index (κ1) is 14.4. The predicted octanol–water partition coefficient (Wildman–Crippen LogP) is 3.38. The number of nitrogens with two attached hydrogens (primary N) is 1. The molecule has 0 unspecified atom stereocenters. The van der Waals surface area contributed by atoms with Gasteiger partial charge in [-0.3, -0.25) is 0 Å². The van der Waals surface area contributed by atoms with Crippen molar-refractivity contribution in [1.82, 2.24) is 0 Å². The van der Waals surface area contributed by atoms with Crippen molar-refractivity contribution in [3.8, 4) is 5.75 Å². The number of ether oxygens (including phenoxy) is 1. The fourth-order valence-corrected chi connectivity index (χ4v) is 2.23. The lowest BCUT2D eigenvalue weighted by molar-refractivity contribution is 0.412. The number of hydrogen-bond acceptors (Lipinski definition) is 2. The van der Waals surface area contributed by atoms with E-state index in [1.54, 1.807) is 7.11 Å². The van der Waals surface area contributed by atoms with Crippen LogP contribution in [0.4, 0.5) is 5.69 Å². The molecule has 0 spiro atoms. The van der Waals surface area contributed by atoms with Crippen LogP contribution in [-0.4, -0.2) is 13.1 Å². The number of rotatable bonds is 4. The molecule has 0 saturated carbocycles. The fourth-order valence-electron chi connectivity index (χ4n) is 1.69. The summed E-state index contributed by atoms with van der Waals surface area (Å²) in [6.07, 6.45) is 0. The van der Waals surface area contributed by atoms with Crippen LogP contribution in [0.3, 0.4) is 0 Å². The minimum atomic E-state index is 0.380. The van der Waals surface area contributed by atoms with E-state index in [4.69, 9.17) is 10.5 Å². The molecule has 0 heterocycles. The molecular formula is C15H16BrN3O. The Morgan fingerprint density at radius 2 is 2.00 bits per heavy atom. The van der Waals surface area contributed by atoms with Crippen LogP contribution < -0.4 is 15.8 Å². The first-order chi connectivity index (χ1) is 9.69. The third-order valence-corrected chi connectivity index (χ3v) is 3.32. The molecule has 4 nitrogen and oxygen atoms in total. The van der Waals surface area contributed by atoms with Gasteiger partial charge in [-0.2, -0.15) is 0 Å². The molecule has 3 N–H and O–H groups in total. The van der Waals surface area contributed by atoms with Crippen molar-refractivity contribution in [2.24, 2.45) is 10.7 Å². The predicted molar refractivity (Wildman–Crippen MR) is 86.1 cm³/mol. The van der Waals surface area contributed by atoms with Crippen LogP contribution in [0.2, 0.25) is 0 Å². The Morgan fingerprint density at radius 1 is 1.25 bits per heavy atom. The number of methoxy groups -OCH3 is 1. The third-order valence-electron chi connectivity index (χ3n) is 2.70. The second kappa shape index (κ2) is 6.96. The molecule has 2 aromatic rings. The minimum Gasteiger partial charge on any atom is -0.496 e. The number of benzene rings is 2. The van der Waals surface area contributed by atoms with Crippen LogP contribution in [0.15, 0.2) is 58.0 Å². The summed E-state index contributed by atoms with van der Waals surface area (Å²) in [5.74, 6) is 1.15. The summed E-state index contributed by atoms with van der Waals surface area (Å²) in [6.45, 7) is 0.553. The first-order valence-corrected chi connectivity index (χ1v) is 6.93. The number of hydrogen-bond donors (Lipinski definition) is 2. The number of halogens is 1. The van der Waals surface area contributed by atoms with E-state index < -0.39 is 0 Å². The second-order valence-electron chi connectivity index (χ2n) is 4.16. The highest BCUT2D eigenvalue weighted by Gasteiger charge is 2.02. The van der Waals surface area contributed by atoms with E-state index >= 15 is 0 Å². The van der Waals surface area contributed by atoms with Crippen molar-refractivity contribution in [1.29, 1.82) is 0 Å². The van der Waals surface area contributed by atoms with Gasteiger partial charge in [0.05, 0.1) is 18.1 Å². The minimum absolute atomic E-state index is 0.380. The molecule has 0 aliphatic carbocycles. The average Bonchev–Trinajstić information content (AvgIpc) is 2.46. The van der Waals surface area contributed by atoms with Gasteiger partial charge in [0.2, 0.25) is 0 Å². The maximum absolute atomic E-state index is 5.87. The van der Waals surface area contributed by atoms with Crippen LogP contribution in [-0.2, 0) is 6.54 Å². The summed E-state index contributed by atoms with van der Waals surface area (Å²) in [7, 11) is 1.63. The highest BCUT2D eigenvalue weighted by molar-refractivity contribution is 9.10.